The highest BCUT2D eigenvalue weighted by molar-refractivity contribution is 9.10. The van der Waals surface area contributed by atoms with Crippen LogP contribution in [0.3, 0.4) is 0 Å². The Balaban J connectivity index is 2.79. The Hall–Kier alpha value is -1.07. The molecule has 5 heteroatoms. The zero-order valence-corrected chi connectivity index (χ0v) is 12.8. The fraction of sp³-hybridized carbons (Fsp3) is 0.462. The molecule has 0 aliphatic rings. The third kappa shape index (κ3) is 3.71. The molecule has 3 N–H and O–H groups in total. The minimum atomic E-state index is -0.0887. The number of rotatable bonds is 4. The molecule has 0 aromatic heterocycles. The van der Waals surface area contributed by atoms with Crippen molar-refractivity contribution in [2.45, 2.75) is 19.9 Å². The predicted molar refractivity (Wildman–Crippen MR) is 78.8 cm³/mol. The molecule has 0 saturated heterocycles. The lowest BCUT2D eigenvalue weighted by molar-refractivity contribution is 0.0943. The van der Waals surface area contributed by atoms with Crippen molar-refractivity contribution in [3.63, 3.8) is 0 Å². The molecular formula is C13H20BrN3O. The van der Waals surface area contributed by atoms with Crippen LogP contribution in [-0.4, -0.2) is 37.5 Å². The summed E-state index contributed by atoms with van der Waals surface area (Å²) in [6, 6.07) is 3.88. The van der Waals surface area contributed by atoms with Gasteiger partial charge in [0.15, 0.2) is 0 Å². The maximum Gasteiger partial charge on any atom is 0.251 e. The second-order valence-corrected chi connectivity index (χ2v) is 5.61. The molecule has 4 nitrogen and oxygen atoms in total. The van der Waals surface area contributed by atoms with E-state index >= 15 is 0 Å². The van der Waals surface area contributed by atoms with Gasteiger partial charge >= 0.3 is 0 Å². The maximum absolute atomic E-state index is 12.1. The third-order valence-corrected chi connectivity index (χ3v) is 3.55. The van der Waals surface area contributed by atoms with Crippen molar-refractivity contribution in [3.8, 4) is 0 Å². The molecule has 100 valence electrons. The van der Waals surface area contributed by atoms with Crippen molar-refractivity contribution in [1.82, 2.24) is 10.2 Å². The fourth-order valence-corrected chi connectivity index (χ4v) is 1.93. The lowest BCUT2D eigenvalue weighted by Crippen LogP contribution is -2.38. The number of amides is 1. The van der Waals surface area contributed by atoms with Crippen LogP contribution in [0.5, 0.6) is 0 Å². The van der Waals surface area contributed by atoms with E-state index in [1.54, 1.807) is 12.1 Å². The summed E-state index contributed by atoms with van der Waals surface area (Å²) in [6.45, 7) is 4.52. The summed E-state index contributed by atoms with van der Waals surface area (Å²) >= 11 is 3.35. The van der Waals surface area contributed by atoms with Crippen molar-refractivity contribution >= 4 is 27.5 Å². The monoisotopic (exact) mass is 313 g/mol. The summed E-state index contributed by atoms with van der Waals surface area (Å²) < 4.78 is 0.816. The molecule has 1 rings (SSSR count). The first-order valence-corrected chi connectivity index (χ1v) is 6.62. The number of hydrogen-bond donors (Lipinski definition) is 2. The van der Waals surface area contributed by atoms with Gasteiger partial charge in [0.2, 0.25) is 0 Å². The smallest absolute Gasteiger partial charge is 0.251 e. The van der Waals surface area contributed by atoms with E-state index in [0.717, 1.165) is 10.0 Å². The van der Waals surface area contributed by atoms with Crippen LogP contribution in [0.1, 0.15) is 22.8 Å². The number of nitrogens with zero attached hydrogens (tertiary/aromatic N) is 1. The molecule has 1 unspecified atom stereocenters. The SMILES string of the molecule is Cc1c(N)cc(Br)cc1C(=O)NCC(C)N(C)C. The number of hydrogen-bond acceptors (Lipinski definition) is 3. The second kappa shape index (κ2) is 6.20. The number of likely N-dealkylation sites (N-methyl/N-ethyl adjacent to an activating group) is 1. The van der Waals surface area contributed by atoms with E-state index in [4.69, 9.17) is 5.73 Å². The average Bonchev–Trinajstić information content (AvgIpc) is 2.29. The van der Waals surface area contributed by atoms with Crippen molar-refractivity contribution in [3.05, 3.63) is 27.7 Å². The molecule has 0 saturated carbocycles. The quantitative estimate of drug-likeness (QED) is 0.836. The van der Waals surface area contributed by atoms with E-state index in [1.165, 1.54) is 0 Å². The molecule has 1 aromatic rings. The second-order valence-electron chi connectivity index (χ2n) is 4.69. The van der Waals surface area contributed by atoms with Gasteiger partial charge < -0.3 is 16.0 Å². The largest absolute Gasteiger partial charge is 0.398 e. The molecule has 1 amide bonds. The van der Waals surface area contributed by atoms with E-state index in [1.807, 2.05) is 21.0 Å². The first kappa shape index (κ1) is 15.0. The van der Waals surface area contributed by atoms with Crippen molar-refractivity contribution < 1.29 is 4.79 Å². The summed E-state index contributed by atoms with van der Waals surface area (Å²) in [5, 5.41) is 2.92. The van der Waals surface area contributed by atoms with Crippen LogP contribution in [0.4, 0.5) is 5.69 Å². The van der Waals surface area contributed by atoms with E-state index in [2.05, 4.69) is 33.1 Å². The van der Waals surface area contributed by atoms with Crippen LogP contribution in [0.2, 0.25) is 0 Å². The van der Waals surface area contributed by atoms with Crippen LogP contribution in [-0.2, 0) is 0 Å². The Labute approximate surface area is 117 Å². The number of benzene rings is 1. The Kier molecular flexibility index (Phi) is 5.16. The number of halogens is 1. The number of carbonyl (C=O) groups is 1. The number of nitrogen functional groups attached to an aromatic ring is 1. The highest BCUT2D eigenvalue weighted by Crippen LogP contribution is 2.22. The lowest BCUT2D eigenvalue weighted by atomic mass is 10.1. The summed E-state index contributed by atoms with van der Waals surface area (Å²) in [4.78, 5) is 14.1. The maximum atomic E-state index is 12.1. The van der Waals surface area contributed by atoms with Gasteiger partial charge in [0.05, 0.1) is 0 Å². The normalized spacial score (nSPS) is 12.6. The van der Waals surface area contributed by atoms with Gasteiger partial charge in [-0.05, 0) is 45.6 Å². The van der Waals surface area contributed by atoms with Crippen LogP contribution >= 0.6 is 15.9 Å². The predicted octanol–water partition coefficient (Wildman–Crippen LogP) is 2.02. The van der Waals surface area contributed by atoms with Gasteiger partial charge in [0, 0.05) is 28.3 Å². The van der Waals surface area contributed by atoms with Gasteiger partial charge in [-0.2, -0.15) is 0 Å². The van der Waals surface area contributed by atoms with E-state index in [0.29, 0.717) is 23.8 Å². The minimum Gasteiger partial charge on any atom is -0.398 e. The van der Waals surface area contributed by atoms with Crippen molar-refractivity contribution in [1.29, 1.82) is 0 Å². The Morgan fingerprint density at radius 3 is 2.67 bits per heavy atom. The zero-order chi connectivity index (χ0) is 13.9. The first-order chi connectivity index (χ1) is 8.32. The van der Waals surface area contributed by atoms with E-state index < -0.39 is 0 Å². The van der Waals surface area contributed by atoms with Crippen LogP contribution < -0.4 is 11.1 Å². The van der Waals surface area contributed by atoms with Crippen molar-refractivity contribution in [2.24, 2.45) is 0 Å². The molecule has 0 radical (unpaired) electrons. The molecule has 0 spiro atoms. The third-order valence-electron chi connectivity index (χ3n) is 3.10. The lowest BCUT2D eigenvalue weighted by Gasteiger charge is -2.20. The molecule has 18 heavy (non-hydrogen) atoms. The number of nitrogens with two attached hydrogens (primary N) is 1. The van der Waals surface area contributed by atoms with Crippen LogP contribution in [0.25, 0.3) is 0 Å². The fourth-order valence-electron chi connectivity index (χ4n) is 1.45. The number of anilines is 1. The highest BCUT2D eigenvalue weighted by Gasteiger charge is 2.13. The van der Waals surface area contributed by atoms with E-state index in [9.17, 15) is 4.79 Å². The molecule has 0 bridgehead atoms. The van der Waals surface area contributed by atoms with E-state index in [-0.39, 0.29) is 5.91 Å². The Morgan fingerprint density at radius 1 is 1.50 bits per heavy atom. The summed E-state index contributed by atoms with van der Waals surface area (Å²) in [7, 11) is 3.97. The van der Waals surface area contributed by atoms with Crippen molar-refractivity contribution in [2.75, 3.05) is 26.4 Å². The molecule has 1 atom stereocenters. The number of nitrogens with one attached hydrogen (secondary N) is 1. The molecular weight excluding hydrogens is 294 g/mol. The Bertz CT molecular complexity index is 446. The molecule has 0 aliphatic heterocycles. The molecule has 0 fully saturated rings. The zero-order valence-electron chi connectivity index (χ0n) is 11.2. The Morgan fingerprint density at radius 2 is 2.11 bits per heavy atom. The highest BCUT2D eigenvalue weighted by atomic mass is 79.9. The molecule has 1 aromatic carbocycles. The van der Waals surface area contributed by atoms with Gasteiger partial charge in [-0.1, -0.05) is 15.9 Å². The van der Waals surface area contributed by atoms with Crippen LogP contribution in [0, 0.1) is 6.92 Å². The summed E-state index contributed by atoms with van der Waals surface area (Å²) in [6.07, 6.45) is 0. The number of carbonyl (C=O) groups excluding carboxylic acids is 1. The molecule has 0 aliphatic carbocycles. The van der Waals surface area contributed by atoms with Gasteiger partial charge in [0.25, 0.3) is 5.91 Å². The van der Waals surface area contributed by atoms with Crippen LogP contribution in [0.15, 0.2) is 16.6 Å². The molecule has 0 heterocycles. The minimum absolute atomic E-state index is 0.0887. The summed E-state index contributed by atoms with van der Waals surface area (Å²) in [5.41, 5.74) is 7.90. The average molecular weight is 314 g/mol. The standard InChI is InChI=1S/C13H20BrN3O/c1-8(17(3)4)7-16-13(18)11-5-10(14)6-12(15)9(11)2/h5-6,8H,7,15H2,1-4H3,(H,16,18). The first-order valence-electron chi connectivity index (χ1n) is 5.83. The van der Waals surface area contributed by atoms with Gasteiger partial charge in [0.1, 0.15) is 0 Å². The summed E-state index contributed by atoms with van der Waals surface area (Å²) in [5.74, 6) is -0.0887. The van der Waals surface area contributed by atoms with Gasteiger partial charge in [-0.3, -0.25) is 4.79 Å². The van der Waals surface area contributed by atoms with Gasteiger partial charge in [-0.25, -0.2) is 0 Å². The van der Waals surface area contributed by atoms with Gasteiger partial charge in [-0.15, -0.1) is 0 Å². The topological polar surface area (TPSA) is 58.4 Å².